The van der Waals surface area contributed by atoms with Gasteiger partial charge in [-0.05, 0) is 31.0 Å². The summed E-state index contributed by atoms with van der Waals surface area (Å²) in [4.78, 5) is 10.6. The van der Waals surface area contributed by atoms with Gasteiger partial charge in [0.05, 0.1) is 0 Å². The number of nitrogens with two attached hydrogens (primary N) is 1. The van der Waals surface area contributed by atoms with Crippen LogP contribution in [0.3, 0.4) is 0 Å². The Kier molecular flexibility index (Phi) is 3.62. The lowest BCUT2D eigenvalue weighted by Crippen LogP contribution is -2.37. The zero-order valence-electron chi connectivity index (χ0n) is 9.07. The number of carbonyl (C=O) groups is 1. The fourth-order valence-corrected chi connectivity index (χ4v) is 1.48. The Hall–Kier alpha value is -1.46. The normalized spacial score (nSPS) is 14.6. The van der Waals surface area contributed by atoms with E-state index in [1.54, 1.807) is 19.9 Å². The second-order valence-electron chi connectivity index (χ2n) is 3.71. The smallest absolute Gasteiger partial charge is 0.323 e. The van der Waals surface area contributed by atoms with E-state index in [1.807, 2.05) is 0 Å². The highest BCUT2D eigenvalue weighted by Gasteiger charge is 2.27. The molecule has 0 radical (unpaired) electrons. The molecule has 4 N–H and O–H groups in total. The first-order chi connectivity index (χ1) is 7.36. The summed E-state index contributed by atoms with van der Waals surface area (Å²) in [6.45, 7) is 3.36. The van der Waals surface area contributed by atoms with E-state index >= 15 is 0 Å². The molecular weight excluding hydrogens is 213 g/mol. The summed E-state index contributed by atoms with van der Waals surface area (Å²) >= 11 is 0. The highest BCUT2D eigenvalue weighted by molar-refractivity contribution is 5.74. The third-order valence-electron chi connectivity index (χ3n) is 2.65. The van der Waals surface area contributed by atoms with Crippen LogP contribution < -0.4 is 5.73 Å². The van der Waals surface area contributed by atoms with Gasteiger partial charge in [-0.2, -0.15) is 0 Å². The summed E-state index contributed by atoms with van der Waals surface area (Å²) in [5.74, 6) is -2.01. The summed E-state index contributed by atoms with van der Waals surface area (Å²) in [5.41, 5.74) is 6.51. The highest BCUT2D eigenvalue weighted by atomic mass is 19.1. The van der Waals surface area contributed by atoms with E-state index in [0.29, 0.717) is 5.56 Å². The van der Waals surface area contributed by atoms with Crippen LogP contribution in [-0.2, 0) is 4.79 Å². The predicted octanol–water partition coefficient (Wildman–Crippen LogP) is 0.888. The zero-order valence-corrected chi connectivity index (χ0v) is 9.07. The lowest BCUT2D eigenvalue weighted by Gasteiger charge is -2.19. The van der Waals surface area contributed by atoms with Crippen LogP contribution in [0.2, 0.25) is 0 Å². The minimum atomic E-state index is -1.54. The number of aliphatic carboxylic acids is 1. The Morgan fingerprint density at radius 2 is 2.00 bits per heavy atom. The minimum Gasteiger partial charge on any atom is -0.480 e. The van der Waals surface area contributed by atoms with Gasteiger partial charge in [0.2, 0.25) is 0 Å². The summed E-state index contributed by atoms with van der Waals surface area (Å²) in [5, 5.41) is 18.4. The van der Waals surface area contributed by atoms with Crippen molar-refractivity contribution in [2.75, 3.05) is 0 Å². The van der Waals surface area contributed by atoms with E-state index < -0.39 is 23.9 Å². The highest BCUT2D eigenvalue weighted by Crippen LogP contribution is 2.25. The molecule has 16 heavy (non-hydrogen) atoms. The van der Waals surface area contributed by atoms with Gasteiger partial charge in [-0.1, -0.05) is 6.07 Å². The predicted molar refractivity (Wildman–Crippen MR) is 56.4 cm³/mol. The third-order valence-corrected chi connectivity index (χ3v) is 2.65. The number of halogens is 1. The van der Waals surface area contributed by atoms with Crippen LogP contribution >= 0.6 is 0 Å². The lowest BCUT2D eigenvalue weighted by molar-refractivity contribution is -0.141. The molecule has 0 aromatic heterocycles. The van der Waals surface area contributed by atoms with Gasteiger partial charge in [0, 0.05) is 5.56 Å². The zero-order chi connectivity index (χ0) is 12.5. The molecule has 1 rings (SSSR count). The average Bonchev–Trinajstić information content (AvgIpc) is 2.22. The molecule has 5 heteroatoms. The Morgan fingerprint density at radius 1 is 1.44 bits per heavy atom. The van der Waals surface area contributed by atoms with Crippen LogP contribution in [0, 0.1) is 19.7 Å². The standard InChI is InChI=1S/C11H14FNO3/c1-5-3-4-7(12)8(6(5)2)10(14)9(13)11(15)16/h3-4,9-10,14H,13H2,1-2H3,(H,15,16)/t9-,10?/m0/s1. The van der Waals surface area contributed by atoms with Gasteiger partial charge in [0.25, 0.3) is 0 Å². The van der Waals surface area contributed by atoms with Crippen molar-refractivity contribution in [3.8, 4) is 0 Å². The van der Waals surface area contributed by atoms with Crippen LogP contribution in [0.15, 0.2) is 12.1 Å². The second-order valence-corrected chi connectivity index (χ2v) is 3.71. The number of carboxylic acids is 1. The van der Waals surface area contributed by atoms with E-state index in [4.69, 9.17) is 10.8 Å². The van der Waals surface area contributed by atoms with Gasteiger partial charge in [0.15, 0.2) is 0 Å². The fraction of sp³-hybridized carbons (Fsp3) is 0.364. The molecule has 0 aliphatic rings. The van der Waals surface area contributed by atoms with E-state index in [9.17, 15) is 14.3 Å². The van der Waals surface area contributed by atoms with Crippen LogP contribution in [-0.4, -0.2) is 22.2 Å². The first kappa shape index (κ1) is 12.6. The molecule has 0 saturated carbocycles. The lowest BCUT2D eigenvalue weighted by atomic mass is 9.95. The first-order valence-electron chi connectivity index (χ1n) is 4.78. The number of aryl methyl sites for hydroxylation is 1. The Labute approximate surface area is 92.5 Å². The molecular formula is C11H14FNO3. The maximum atomic E-state index is 13.5. The maximum absolute atomic E-state index is 13.5. The Bertz CT molecular complexity index is 420. The number of benzene rings is 1. The molecule has 1 unspecified atom stereocenters. The topological polar surface area (TPSA) is 83.5 Å². The maximum Gasteiger partial charge on any atom is 0.323 e. The summed E-state index contributed by atoms with van der Waals surface area (Å²) < 4.78 is 13.5. The van der Waals surface area contributed by atoms with Crippen LogP contribution in [0.25, 0.3) is 0 Å². The minimum absolute atomic E-state index is 0.0464. The van der Waals surface area contributed by atoms with Gasteiger partial charge in [0.1, 0.15) is 18.0 Å². The van der Waals surface area contributed by atoms with Gasteiger partial charge < -0.3 is 15.9 Å². The van der Waals surface area contributed by atoms with Gasteiger partial charge in [-0.25, -0.2) is 4.39 Å². The molecule has 0 aliphatic carbocycles. The molecule has 0 spiro atoms. The molecule has 0 fully saturated rings. The number of carboxylic acid groups (broad SMARTS) is 1. The van der Waals surface area contributed by atoms with E-state index in [0.717, 1.165) is 5.56 Å². The number of rotatable bonds is 3. The molecule has 1 aromatic carbocycles. The van der Waals surface area contributed by atoms with Crippen molar-refractivity contribution in [3.05, 3.63) is 34.6 Å². The quantitative estimate of drug-likeness (QED) is 0.716. The Balaban J connectivity index is 3.22. The molecule has 0 saturated heterocycles. The van der Waals surface area contributed by atoms with E-state index in [1.165, 1.54) is 6.07 Å². The van der Waals surface area contributed by atoms with E-state index in [2.05, 4.69) is 0 Å². The molecule has 0 aliphatic heterocycles. The molecule has 1 aromatic rings. The molecule has 0 amide bonds. The molecule has 0 heterocycles. The van der Waals surface area contributed by atoms with Crippen molar-refractivity contribution in [2.24, 2.45) is 5.73 Å². The largest absolute Gasteiger partial charge is 0.480 e. The molecule has 2 atom stereocenters. The van der Waals surface area contributed by atoms with Crippen molar-refractivity contribution in [1.29, 1.82) is 0 Å². The fourth-order valence-electron chi connectivity index (χ4n) is 1.48. The molecule has 4 nitrogen and oxygen atoms in total. The third kappa shape index (κ3) is 2.20. The van der Waals surface area contributed by atoms with Crippen molar-refractivity contribution < 1.29 is 19.4 Å². The van der Waals surface area contributed by atoms with Crippen molar-refractivity contribution in [1.82, 2.24) is 0 Å². The monoisotopic (exact) mass is 227 g/mol. The van der Waals surface area contributed by atoms with Crippen molar-refractivity contribution in [2.45, 2.75) is 26.0 Å². The number of aliphatic hydroxyl groups excluding tert-OH is 1. The van der Waals surface area contributed by atoms with Crippen molar-refractivity contribution in [3.63, 3.8) is 0 Å². The summed E-state index contributed by atoms with van der Waals surface area (Å²) in [6.07, 6.45) is -1.54. The number of aliphatic hydroxyl groups is 1. The molecule has 88 valence electrons. The van der Waals surface area contributed by atoms with Gasteiger partial charge >= 0.3 is 5.97 Å². The summed E-state index contributed by atoms with van der Waals surface area (Å²) in [7, 11) is 0. The first-order valence-corrected chi connectivity index (χ1v) is 4.78. The summed E-state index contributed by atoms with van der Waals surface area (Å²) in [6, 6.07) is 1.22. The van der Waals surface area contributed by atoms with Crippen molar-refractivity contribution >= 4 is 5.97 Å². The number of hydrogen-bond acceptors (Lipinski definition) is 3. The average molecular weight is 227 g/mol. The van der Waals surface area contributed by atoms with Gasteiger partial charge in [-0.15, -0.1) is 0 Å². The van der Waals surface area contributed by atoms with Crippen LogP contribution in [0.5, 0.6) is 0 Å². The molecule has 0 bridgehead atoms. The van der Waals surface area contributed by atoms with Crippen LogP contribution in [0.4, 0.5) is 4.39 Å². The number of hydrogen-bond donors (Lipinski definition) is 3. The SMILES string of the molecule is Cc1ccc(F)c(C(O)[C@H](N)C(=O)O)c1C. The van der Waals surface area contributed by atoms with E-state index in [-0.39, 0.29) is 5.56 Å². The Morgan fingerprint density at radius 3 is 2.50 bits per heavy atom. The van der Waals surface area contributed by atoms with Gasteiger partial charge in [-0.3, -0.25) is 4.79 Å². The second kappa shape index (κ2) is 4.59. The van der Waals surface area contributed by atoms with Crippen LogP contribution in [0.1, 0.15) is 22.8 Å².